The molecular formula is C15H16N6O. The molecule has 0 spiro atoms. The van der Waals surface area contributed by atoms with E-state index in [1.807, 2.05) is 30.8 Å². The Morgan fingerprint density at radius 1 is 1.32 bits per heavy atom. The molecule has 112 valence electrons. The summed E-state index contributed by atoms with van der Waals surface area (Å²) < 4.78 is 1.97. The number of anilines is 1. The Hall–Kier alpha value is -2.70. The molecule has 7 heteroatoms. The number of hydrogen-bond acceptors (Lipinski definition) is 5. The Morgan fingerprint density at radius 3 is 3.05 bits per heavy atom. The van der Waals surface area contributed by atoms with E-state index in [4.69, 9.17) is 0 Å². The van der Waals surface area contributed by atoms with Crippen molar-refractivity contribution in [3.05, 3.63) is 46.0 Å². The van der Waals surface area contributed by atoms with Crippen molar-refractivity contribution < 1.29 is 0 Å². The minimum absolute atomic E-state index is 0.0504. The van der Waals surface area contributed by atoms with Gasteiger partial charge in [-0.05, 0) is 13.0 Å². The Bertz CT molecular complexity index is 925. The van der Waals surface area contributed by atoms with Crippen molar-refractivity contribution in [2.45, 2.75) is 19.9 Å². The molecule has 4 rings (SSSR count). The average Bonchev–Trinajstić information content (AvgIpc) is 2.89. The number of aryl methyl sites for hydroxylation is 2. The van der Waals surface area contributed by atoms with E-state index in [9.17, 15) is 4.79 Å². The van der Waals surface area contributed by atoms with E-state index in [-0.39, 0.29) is 5.56 Å². The van der Waals surface area contributed by atoms with Gasteiger partial charge >= 0.3 is 0 Å². The van der Waals surface area contributed by atoms with Gasteiger partial charge in [0.1, 0.15) is 23.6 Å². The first-order chi connectivity index (χ1) is 10.6. The molecule has 3 aromatic heterocycles. The van der Waals surface area contributed by atoms with Crippen molar-refractivity contribution in [3.8, 4) is 0 Å². The zero-order valence-electron chi connectivity index (χ0n) is 12.5. The summed E-state index contributed by atoms with van der Waals surface area (Å²) in [6, 6.07) is 2.01. The van der Waals surface area contributed by atoms with Crippen LogP contribution in [0, 0.1) is 6.92 Å². The maximum absolute atomic E-state index is 12.2. The molecule has 0 radical (unpaired) electrons. The summed E-state index contributed by atoms with van der Waals surface area (Å²) in [6.07, 6.45) is 4.29. The molecule has 0 bridgehead atoms. The first kappa shape index (κ1) is 13.0. The van der Waals surface area contributed by atoms with Crippen LogP contribution in [0.5, 0.6) is 0 Å². The third-order valence-electron chi connectivity index (χ3n) is 4.13. The first-order valence-corrected chi connectivity index (χ1v) is 7.23. The van der Waals surface area contributed by atoms with Crippen LogP contribution in [0.1, 0.15) is 17.1 Å². The van der Waals surface area contributed by atoms with E-state index in [1.54, 1.807) is 6.33 Å². The SMILES string of the molecule is Cc1nc2c(c(=O)[nH]1)CN(c1ncnc3c1ccn3C)CC2. The lowest BCUT2D eigenvalue weighted by Crippen LogP contribution is -2.36. The monoisotopic (exact) mass is 296 g/mol. The summed E-state index contributed by atoms with van der Waals surface area (Å²) in [6.45, 7) is 3.13. The predicted molar refractivity (Wildman–Crippen MR) is 82.9 cm³/mol. The third kappa shape index (κ3) is 1.89. The molecule has 0 aromatic carbocycles. The maximum Gasteiger partial charge on any atom is 0.256 e. The average molecular weight is 296 g/mol. The van der Waals surface area contributed by atoms with Crippen LogP contribution in [-0.2, 0) is 20.0 Å². The molecular weight excluding hydrogens is 280 g/mol. The van der Waals surface area contributed by atoms with Gasteiger partial charge in [0.05, 0.1) is 23.2 Å². The highest BCUT2D eigenvalue weighted by Crippen LogP contribution is 2.26. The van der Waals surface area contributed by atoms with E-state index in [2.05, 4.69) is 24.8 Å². The molecule has 3 aromatic rings. The molecule has 0 atom stereocenters. The van der Waals surface area contributed by atoms with Gasteiger partial charge in [-0.15, -0.1) is 0 Å². The summed E-state index contributed by atoms with van der Waals surface area (Å²) in [4.78, 5) is 30.3. The van der Waals surface area contributed by atoms with Crippen molar-refractivity contribution in [3.63, 3.8) is 0 Å². The zero-order valence-corrected chi connectivity index (χ0v) is 12.5. The van der Waals surface area contributed by atoms with Crippen molar-refractivity contribution in [1.29, 1.82) is 0 Å². The van der Waals surface area contributed by atoms with Crippen molar-refractivity contribution in [1.82, 2.24) is 24.5 Å². The van der Waals surface area contributed by atoms with Gasteiger partial charge in [0.25, 0.3) is 5.56 Å². The normalized spacial score (nSPS) is 14.4. The Kier molecular flexibility index (Phi) is 2.75. The Balaban J connectivity index is 1.80. The number of H-pyrrole nitrogens is 1. The Morgan fingerprint density at radius 2 is 2.18 bits per heavy atom. The second-order valence-corrected chi connectivity index (χ2v) is 5.61. The minimum Gasteiger partial charge on any atom is -0.351 e. The largest absolute Gasteiger partial charge is 0.351 e. The van der Waals surface area contributed by atoms with E-state index in [1.165, 1.54) is 0 Å². The summed E-state index contributed by atoms with van der Waals surface area (Å²) in [5, 5.41) is 1.00. The van der Waals surface area contributed by atoms with E-state index >= 15 is 0 Å². The van der Waals surface area contributed by atoms with Crippen LogP contribution in [0.25, 0.3) is 11.0 Å². The summed E-state index contributed by atoms with van der Waals surface area (Å²) in [5.74, 6) is 1.54. The third-order valence-corrected chi connectivity index (χ3v) is 4.13. The predicted octanol–water partition coefficient (Wildman–Crippen LogP) is 0.923. The van der Waals surface area contributed by atoms with Gasteiger partial charge in [0, 0.05) is 26.2 Å². The van der Waals surface area contributed by atoms with Crippen molar-refractivity contribution in [2.75, 3.05) is 11.4 Å². The van der Waals surface area contributed by atoms with Crippen LogP contribution in [0.2, 0.25) is 0 Å². The van der Waals surface area contributed by atoms with E-state index < -0.39 is 0 Å². The van der Waals surface area contributed by atoms with Gasteiger partial charge in [-0.3, -0.25) is 4.79 Å². The second kappa shape index (κ2) is 4.66. The lowest BCUT2D eigenvalue weighted by molar-refractivity contribution is 0.685. The number of rotatable bonds is 1. The molecule has 1 aliphatic heterocycles. The molecule has 1 N–H and O–H groups in total. The fourth-order valence-electron chi connectivity index (χ4n) is 3.05. The van der Waals surface area contributed by atoms with Crippen LogP contribution >= 0.6 is 0 Å². The van der Waals surface area contributed by atoms with Gasteiger partial charge in [0.2, 0.25) is 0 Å². The topological polar surface area (TPSA) is 79.7 Å². The minimum atomic E-state index is -0.0504. The van der Waals surface area contributed by atoms with Crippen LogP contribution in [0.15, 0.2) is 23.4 Å². The smallest absolute Gasteiger partial charge is 0.256 e. The Labute approximate surface area is 126 Å². The molecule has 4 heterocycles. The lowest BCUT2D eigenvalue weighted by atomic mass is 10.1. The molecule has 0 fully saturated rings. The van der Waals surface area contributed by atoms with Gasteiger partial charge in [-0.1, -0.05) is 0 Å². The van der Waals surface area contributed by atoms with Crippen LogP contribution in [0.4, 0.5) is 5.82 Å². The van der Waals surface area contributed by atoms with Gasteiger partial charge in [-0.2, -0.15) is 0 Å². The summed E-state index contributed by atoms with van der Waals surface area (Å²) in [5.41, 5.74) is 2.48. The fraction of sp³-hybridized carbons (Fsp3) is 0.333. The number of nitrogens with one attached hydrogen (secondary N) is 1. The van der Waals surface area contributed by atoms with Crippen LogP contribution < -0.4 is 10.5 Å². The standard InChI is InChI=1S/C15H16N6O/c1-9-18-12-4-6-21(7-11(12)15(22)19-9)14-10-3-5-20(2)13(10)16-8-17-14/h3,5,8H,4,6-7H2,1-2H3,(H,18,19,22). The zero-order chi connectivity index (χ0) is 15.3. The summed E-state index contributed by atoms with van der Waals surface area (Å²) >= 11 is 0. The highest BCUT2D eigenvalue weighted by molar-refractivity contribution is 5.87. The molecule has 0 saturated carbocycles. The van der Waals surface area contributed by atoms with E-state index in [0.29, 0.717) is 12.4 Å². The number of hydrogen-bond donors (Lipinski definition) is 1. The quantitative estimate of drug-likeness (QED) is 0.722. The number of aromatic amines is 1. The number of nitrogens with zero attached hydrogens (tertiary/aromatic N) is 5. The molecule has 0 amide bonds. The maximum atomic E-state index is 12.2. The molecule has 0 saturated heterocycles. The van der Waals surface area contributed by atoms with Crippen molar-refractivity contribution in [2.24, 2.45) is 7.05 Å². The molecule has 22 heavy (non-hydrogen) atoms. The van der Waals surface area contributed by atoms with E-state index in [0.717, 1.165) is 41.1 Å². The lowest BCUT2D eigenvalue weighted by Gasteiger charge is -2.29. The highest BCUT2D eigenvalue weighted by atomic mass is 16.1. The number of fused-ring (bicyclic) bond motifs is 2. The van der Waals surface area contributed by atoms with Gasteiger partial charge in [0.15, 0.2) is 0 Å². The molecule has 0 unspecified atom stereocenters. The van der Waals surface area contributed by atoms with Gasteiger partial charge < -0.3 is 14.5 Å². The molecule has 0 aliphatic carbocycles. The first-order valence-electron chi connectivity index (χ1n) is 7.23. The second-order valence-electron chi connectivity index (χ2n) is 5.61. The van der Waals surface area contributed by atoms with Crippen molar-refractivity contribution >= 4 is 16.9 Å². The highest BCUT2D eigenvalue weighted by Gasteiger charge is 2.23. The number of aromatic nitrogens is 5. The van der Waals surface area contributed by atoms with Gasteiger partial charge in [-0.25, -0.2) is 15.0 Å². The summed E-state index contributed by atoms with van der Waals surface area (Å²) in [7, 11) is 1.96. The fourth-order valence-corrected chi connectivity index (χ4v) is 3.05. The molecule has 1 aliphatic rings. The van der Waals surface area contributed by atoms with Crippen LogP contribution in [-0.4, -0.2) is 31.0 Å². The molecule has 7 nitrogen and oxygen atoms in total. The van der Waals surface area contributed by atoms with Crippen LogP contribution in [0.3, 0.4) is 0 Å².